The van der Waals surface area contributed by atoms with Crippen LogP contribution >= 0.6 is 11.6 Å². The third-order valence-electron chi connectivity index (χ3n) is 4.48. The Morgan fingerprint density at radius 2 is 1.71 bits per heavy atom. The lowest BCUT2D eigenvalue weighted by Crippen LogP contribution is -2.06. The summed E-state index contributed by atoms with van der Waals surface area (Å²) in [5.74, 6) is -1.76. The van der Waals surface area contributed by atoms with Crippen LogP contribution in [0.15, 0.2) is 65.6 Å². The van der Waals surface area contributed by atoms with Crippen LogP contribution in [0.1, 0.15) is 11.1 Å². The standard InChI is InChI=1S/C21H13ClF4N4O4S/c22-18-10-17(35(31,32)11-12-2-1-3-14(23)6-12)4-5-19(18)33-15-7-13(21(24,25)26)8-16(9-15)34-20-27-29-30-28-20/h1-10H,11H2,(H,27,28,29,30). The lowest BCUT2D eigenvalue weighted by Gasteiger charge is -2.14. The minimum atomic E-state index is -4.73. The number of ether oxygens (including phenoxy) is 2. The van der Waals surface area contributed by atoms with Gasteiger partial charge in [-0.25, -0.2) is 12.8 Å². The quantitative estimate of drug-likeness (QED) is 0.312. The summed E-state index contributed by atoms with van der Waals surface area (Å²) < 4.78 is 89.5. The highest BCUT2D eigenvalue weighted by molar-refractivity contribution is 7.90. The normalized spacial score (nSPS) is 11.9. The first kappa shape index (κ1) is 24.4. The molecule has 0 fully saturated rings. The first-order valence-electron chi connectivity index (χ1n) is 9.58. The molecule has 0 amide bonds. The predicted molar refractivity (Wildman–Crippen MR) is 115 cm³/mol. The van der Waals surface area contributed by atoms with E-state index in [0.717, 1.165) is 18.2 Å². The molecule has 1 N–H and O–H groups in total. The highest BCUT2D eigenvalue weighted by atomic mass is 35.5. The van der Waals surface area contributed by atoms with E-state index in [-0.39, 0.29) is 38.7 Å². The fourth-order valence-electron chi connectivity index (χ4n) is 2.97. The number of aromatic nitrogens is 4. The van der Waals surface area contributed by atoms with Crippen molar-refractivity contribution in [3.8, 4) is 23.3 Å². The number of nitrogens with one attached hydrogen (secondary N) is 1. The molecule has 0 bridgehead atoms. The molecule has 182 valence electrons. The predicted octanol–water partition coefficient (Wildman–Crippen LogP) is 5.57. The summed E-state index contributed by atoms with van der Waals surface area (Å²) in [5.41, 5.74) is -0.849. The average molecular weight is 529 g/mol. The van der Waals surface area contributed by atoms with Gasteiger partial charge >= 0.3 is 12.2 Å². The number of aromatic amines is 1. The van der Waals surface area contributed by atoms with Crippen molar-refractivity contribution in [2.45, 2.75) is 16.8 Å². The van der Waals surface area contributed by atoms with Crippen LogP contribution in [-0.2, 0) is 21.8 Å². The number of tetrazole rings is 1. The summed E-state index contributed by atoms with van der Waals surface area (Å²) in [4.78, 5) is -0.177. The summed E-state index contributed by atoms with van der Waals surface area (Å²) in [7, 11) is -3.90. The van der Waals surface area contributed by atoms with Gasteiger partial charge in [0, 0.05) is 6.07 Å². The largest absolute Gasteiger partial charge is 0.456 e. The fourth-order valence-corrected chi connectivity index (χ4v) is 4.61. The van der Waals surface area contributed by atoms with Crippen molar-refractivity contribution < 1.29 is 35.5 Å². The zero-order valence-corrected chi connectivity index (χ0v) is 18.8. The van der Waals surface area contributed by atoms with Gasteiger partial charge in [-0.3, -0.25) is 0 Å². The smallest absolute Gasteiger partial charge is 0.416 e. The Balaban J connectivity index is 1.60. The maximum absolute atomic E-state index is 13.4. The SMILES string of the molecule is O=S(=O)(Cc1cccc(F)c1)c1ccc(Oc2cc(Oc3nn[nH]n3)cc(C(F)(F)F)c2)c(Cl)c1. The first-order valence-corrected chi connectivity index (χ1v) is 11.6. The van der Waals surface area contributed by atoms with E-state index in [2.05, 4.69) is 20.6 Å². The number of nitrogens with zero attached hydrogens (tertiary/aromatic N) is 3. The van der Waals surface area contributed by atoms with E-state index in [4.69, 9.17) is 21.1 Å². The van der Waals surface area contributed by atoms with E-state index in [1.165, 1.54) is 30.3 Å². The second-order valence-electron chi connectivity index (χ2n) is 7.07. The third kappa shape index (κ3) is 6.05. The van der Waals surface area contributed by atoms with Gasteiger partial charge in [0.2, 0.25) is 0 Å². The third-order valence-corrected chi connectivity index (χ3v) is 6.46. The zero-order chi connectivity index (χ0) is 25.2. The van der Waals surface area contributed by atoms with Crippen LogP contribution in [0.5, 0.6) is 23.3 Å². The molecular formula is C21H13ClF4N4O4S. The summed E-state index contributed by atoms with van der Waals surface area (Å²) in [6.45, 7) is 0. The Morgan fingerprint density at radius 1 is 0.971 bits per heavy atom. The molecule has 4 rings (SSSR count). The number of rotatable bonds is 7. The fraction of sp³-hybridized carbons (Fsp3) is 0.0952. The lowest BCUT2D eigenvalue weighted by molar-refractivity contribution is -0.137. The van der Waals surface area contributed by atoms with Crippen molar-refractivity contribution in [3.63, 3.8) is 0 Å². The van der Waals surface area contributed by atoms with Crippen molar-refractivity contribution in [2.75, 3.05) is 0 Å². The van der Waals surface area contributed by atoms with Gasteiger partial charge in [-0.2, -0.15) is 18.4 Å². The molecule has 0 atom stereocenters. The molecule has 1 aromatic heterocycles. The number of sulfone groups is 1. The highest BCUT2D eigenvalue weighted by Gasteiger charge is 2.32. The molecule has 8 nitrogen and oxygen atoms in total. The molecule has 0 spiro atoms. The molecule has 0 unspecified atom stereocenters. The van der Waals surface area contributed by atoms with E-state index in [1.807, 2.05) is 0 Å². The minimum absolute atomic E-state index is 0.110. The van der Waals surface area contributed by atoms with Gasteiger partial charge in [0.15, 0.2) is 9.84 Å². The summed E-state index contributed by atoms with van der Waals surface area (Å²) in [5, 5.41) is 12.2. The molecule has 0 saturated carbocycles. The van der Waals surface area contributed by atoms with Crippen LogP contribution in [0.2, 0.25) is 5.02 Å². The number of benzene rings is 3. The zero-order valence-electron chi connectivity index (χ0n) is 17.3. The van der Waals surface area contributed by atoms with Gasteiger partial charge in [-0.1, -0.05) is 33.9 Å². The van der Waals surface area contributed by atoms with Crippen LogP contribution in [-0.4, -0.2) is 29.0 Å². The van der Waals surface area contributed by atoms with Crippen molar-refractivity contribution in [3.05, 3.63) is 82.6 Å². The van der Waals surface area contributed by atoms with Gasteiger partial charge < -0.3 is 9.47 Å². The van der Waals surface area contributed by atoms with Crippen LogP contribution in [0, 0.1) is 5.82 Å². The van der Waals surface area contributed by atoms with E-state index < -0.39 is 33.1 Å². The van der Waals surface area contributed by atoms with Gasteiger partial charge in [-0.15, -0.1) is 0 Å². The molecule has 1 heterocycles. The number of H-pyrrole nitrogens is 1. The van der Waals surface area contributed by atoms with Crippen LogP contribution in [0.25, 0.3) is 0 Å². The van der Waals surface area contributed by atoms with E-state index in [9.17, 15) is 26.0 Å². The Kier molecular flexibility index (Phi) is 6.63. The van der Waals surface area contributed by atoms with Crippen LogP contribution in [0.3, 0.4) is 0 Å². The van der Waals surface area contributed by atoms with Gasteiger partial charge in [-0.05, 0) is 53.2 Å². The van der Waals surface area contributed by atoms with Gasteiger partial charge in [0.25, 0.3) is 0 Å². The average Bonchev–Trinajstić information content (AvgIpc) is 3.27. The molecule has 0 aliphatic carbocycles. The maximum Gasteiger partial charge on any atom is 0.416 e. The molecule has 0 aliphatic heterocycles. The summed E-state index contributed by atoms with van der Waals surface area (Å²) in [6.07, 6.45) is -4.73. The van der Waals surface area contributed by atoms with Crippen LogP contribution < -0.4 is 9.47 Å². The second kappa shape index (κ2) is 9.50. The minimum Gasteiger partial charge on any atom is -0.456 e. The van der Waals surface area contributed by atoms with Crippen molar-refractivity contribution >= 4 is 21.4 Å². The maximum atomic E-state index is 13.4. The lowest BCUT2D eigenvalue weighted by atomic mass is 10.2. The topological polar surface area (TPSA) is 107 Å². The number of alkyl halides is 3. The molecule has 35 heavy (non-hydrogen) atoms. The monoisotopic (exact) mass is 528 g/mol. The van der Waals surface area contributed by atoms with E-state index in [0.29, 0.717) is 12.1 Å². The molecule has 0 saturated heterocycles. The molecule has 0 radical (unpaired) electrons. The number of hydrogen-bond acceptors (Lipinski definition) is 7. The van der Waals surface area contributed by atoms with Crippen molar-refractivity contribution in [1.82, 2.24) is 20.6 Å². The number of halogens is 5. The second-order valence-corrected chi connectivity index (χ2v) is 9.47. The van der Waals surface area contributed by atoms with Crippen molar-refractivity contribution in [2.24, 2.45) is 0 Å². The first-order chi connectivity index (χ1) is 16.5. The molecule has 3 aromatic carbocycles. The Morgan fingerprint density at radius 3 is 2.34 bits per heavy atom. The van der Waals surface area contributed by atoms with E-state index >= 15 is 0 Å². The van der Waals surface area contributed by atoms with Crippen molar-refractivity contribution in [1.29, 1.82) is 0 Å². The number of hydrogen-bond donors (Lipinski definition) is 1. The van der Waals surface area contributed by atoms with Gasteiger partial charge in [0.1, 0.15) is 23.1 Å². The van der Waals surface area contributed by atoms with E-state index in [1.54, 1.807) is 0 Å². The Bertz CT molecular complexity index is 1460. The molecule has 4 aromatic rings. The van der Waals surface area contributed by atoms with Gasteiger partial charge in [0.05, 0.1) is 21.2 Å². The summed E-state index contributed by atoms with van der Waals surface area (Å²) in [6, 6.07) is 10.8. The summed E-state index contributed by atoms with van der Waals surface area (Å²) >= 11 is 6.16. The Hall–Kier alpha value is -3.71. The molecular weight excluding hydrogens is 516 g/mol. The van der Waals surface area contributed by atoms with Crippen LogP contribution in [0.4, 0.5) is 17.6 Å². The molecule has 0 aliphatic rings. The Labute approximate surface area is 200 Å². The highest BCUT2D eigenvalue weighted by Crippen LogP contribution is 2.39. The molecule has 14 heteroatoms.